The summed E-state index contributed by atoms with van der Waals surface area (Å²) in [7, 11) is 4.03. The first-order valence-corrected chi connectivity index (χ1v) is 10.8. The van der Waals surface area contributed by atoms with Crippen molar-refractivity contribution in [3.63, 3.8) is 0 Å². The first kappa shape index (κ1) is 24.1. The van der Waals surface area contributed by atoms with E-state index in [1.54, 1.807) is 51.1 Å². The van der Waals surface area contributed by atoms with Gasteiger partial charge in [0, 0.05) is 11.9 Å². The first-order chi connectivity index (χ1) is 15.6. The highest BCUT2D eigenvalue weighted by Crippen LogP contribution is 2.30. The third kappa shape index (κ3) is 6.98. The monoisotopic (exact) mass is 453 g/mol. The summed E-state index contributed by atoms with van der Waals surface area (Å²) in [5.74, 6) is 0.293. The second kappa shape index (κ2) is 10.4. The van der Waals surface area contributed by atoms with Crippen LogP contribution in [0.25, 0.3) is 11.0 Å². The summed E-state index contributed by atoms with van der Waals surface area (Å²) >= 11 is 0. The number of rotatable bonds is 8. The molecule has 176 valence electrons. The number of furan rings is 1. The van der Waals surface area contributed by atoms with E-state index in [0.29, 0.717) is 29.3 Å². The summed E-state index contributed by atoms with van der Waals surface area (Å²) in [5, 5.41) is 6.23. The molecule has 2 aromatic carbocycles. The highest BCUT2D eigenvalue weighted by Gasteiger charge is 2.19. The van der Waals surface area contributed by atoms with E-state index in [2.05, 4.69) is 15.5 Å². The predicted molar refractivity (Wildman–Crippen MR) is 129 cm³/mol. The quantitative estimate of drug-likeness (QED) is 0.446. The van der Waals surface area contributed by atoms with Gasteiger partial charge in [0.15, 0.2) is 17.1 Å². The number of ether oxygens (including phenoxy) is 2. The van der Waals surface area contributed by atoms with E-state index in [4.69, 9.17) is 13.9 Å². The molecule has 0 aliphatic rings. The number of hydrogen-bond acceptors (Lipinski definition) is 6. The van der Waals surface area contributed by atoms with Gasteiger partial charge in [0.05, 0.1) is 18.0 Å². The number of carbonyl (C=O) groups is 2. The minimum Gasteiger partial charge on any atom is -0.490 e. The van der Waals surface area contributed by atoms with Crippen LogP contribution in [0, 0.1) is 0 Å². The number of carbonyl (C=O) groups excluding carboxylic acids is 2. The lowest BCUT2D eigenvalue weighted by molar-refractivity contribution is 0.0635. The molecule has 0 radical (unpaired) electrons. The van der Waals surface area contributed by atoms with Crippen molar-refractivity contribution in [1.82, 2.24) is 4.90 Å². The van der Waals surface area contributed by atoms with Crippen LogP contribution in [-0.2, 0) is 4.74 Å². The molecule has 3 aromatic rings. The molecule has 0 bridgehead atoms. The average molecular weight is 454 g/mol. The smallest absolute Gasteiger partial charge is 0.412 e. The molecular formula is C25H31N3O5. The first-order valence-electron chi connectivity index (χ1n) is 10.8. The Morgan fingerprint density at radius 1 is 1.00 bits per heavy atom. The largest absolute Gasteiger partial charge is 0.490 e. The zero-order valence-electron chi connectivity index (χ0n) is 19.7. The van der Waals surface area contributed by atoms with Gasteiger partial charge in [-0.3, -0.25) is 10.1 Å². The van der Waals surface area contributed by atoms with Crippen LogP contribution in [0.5, 0.6) is 5.75 Å². The summed E-state index contributed by atoms with van der Waals surface area (Å²) in [6.45, 7) is 6.80. The molecule has 0 saturated heterocycles. The fraction of sp³-hybridized carbons (Fsp3) is 0.360. The normalized spacial score (nSPS) is 11.5. The number of anilines is 2. The van der Waals surface area contributed by atoms with Crippen molar-refractivity contribution in [2.75, 3.05) is 37.9 Å². The Morgan fingerprint density at radius 2 is 1.70 bits per heavy atom. The Morgan fingerprint density at radius 3 is 2.36 bits per heavy atom. The number of fused-ring (bicyclic) bond motifs is 1. The number of amides is 2. The average Bonchev–Trinajstić information content (AvgIpc) is 3.16. The van der Waals surface area contributed by atoms with Crippen LogP contribution in [0.2, 0.25) is 0 Å². The van der Waals surface area contributed by atoms with Crippen molar-refractivity contribution in [3.05, 3.63) is 54.3 Å². The molecule has 8 heteroatoms. The Hall–Kier alpha value is -3.52. The maximum absolute atomic E-state index is 12.9. The standard InChI is InChI=1S/C25H31N3O5/c1-25(2,3)33-24(30)27-19-12-7-6-11-18(19)26-23(29)21-16-17-10-8-13-20(22(17)32-21)31-15-9-14-28(4)5/h6-8,10-13,16H,9,14-15H2,1-5H3,(H,26,29)(H,27,30). The molecule has 2 amide bonds. The third-order valence-corrected chi connectivity index (χ3v) is 4.55. The molecule has 0 aliphatic carbocycles. The molecule has 0 fully saturated rings. The fourth-order valence-corrected chi connectivity index (χ4v) is 3.12. The molecule has 1 aromatic heterocycles. The van der Waals surface area contributed by atoms with Gasteiger partial charge in [-0.2, -0.15) is 0 Å². The molecule has 0 saturated carbocycles. The van der Waals surface area contributed by atoms with E-state index in [0.717, 1.165) is 18.4 Å². The van der Waals surface area contributed by atoms with Crippen LogP contribution in [0.1, 0.15) is 37.7 Å². The molecular weight excluding hydrogens is 422 g/mol. The Labute approximate surface area is 193 Å². The topological polar surface area (TPSA) is 93.0 Å². The van der Waals surface area contributed by atoms with Crippen molar-refractivity contribution < 1.29 is 23.5 Å². The zero-order chi connectivity index (χ0) is 24.0. The van der Waals surface area contributed by atoms with Crippen LogP contribution in [0.3, 0.4) is 0 Å². The second-order valence-electron chi connectivity index (χ2n) is 8.92. The lowest BCUT2D eigenvalue weighted by Crippen LogP contribution is -2.27. The highest BCUT2D eigenvalue weighted by molar-refractivity contribution is 6.07. The molecule has 1 heterocycles. The van der Waals surface area contributed by atoms with Crippen LogP contribution >= 0.6 is 0 Å². The fourth-order valence-electron chi connectivity index (χ4n) is 3.12. The van der Waals surface area contributed by atoms with E-state index in [1.165, 1.54) is 0 Å². The SMILES string of the molecule is CN(C)CCCOc1cccc2cc(C(=O)Nc3ccccc3NC(=O)OC(C)(C)C)oc12. The summed E-state index contributed by atoms with van der Waals surface area (Å²) in [4.78, 5) is 27.1. The van der Waals surface area contributed by atoms with E-state index >= 15 is 0 Å². The van der Waals surface area contributed by atoms with Gasteiger partial charge in [-0.05, 0) is 65.6 Å². The number of nitrogens with one attached hydrogen (secondary N) is 2. The van der Waals surface area contributed by atoms with Gasteiger partial charge in [-0.1, -0.05) is 24.3 Å². The third-order valence-electron chi connectivity index (χ3n) is 4.55. The summed E-state index contributed by atoms with van der Waals surface area (Å²) in [6, 6.07) is 14.1. The molecule has 0 atom stereocenters. The molecule has 0 aliphatic heterocycles. The minimum atomic E-state index is -0.636. The second-order valence-corrected chi connectivity index (χ2v) is 8.92. The van der Waals surface area contributed by atoms with Gasteiger partial charge in [0.1, 0.15) is 5.60 Å². The number of para-hydroxylation sites is 3. The van der Waals surface area contributed by atoms with E-state index < -0.39 is 17.6 Å². The molecule has 2 N–H and O–H groups in total. The molecule has 3 rings (SSSR count). The van der Waals surface area contributed by atoms with E-state index in [1.807, 2.05) is 32.3 Å². The molecule has 8 nitrogen and oxygen atoms in total. The van der Waals surface area contributed by atoms with Gasteiger partial charge in [-0.15, -0.1) is 0 Å². The number of nitrogens with zero attached hydrogens (tertiary/aromatic N) is 1. The molecule has 0 unspecified atom stereocenters. The van der Waals surface area contributed by atoms with Crippen LogP contribution in [0.4, 0.5) is 16.2 Å². The van der Waals surface area contributed by atoms with Crippen molar-refractivity contribution in [2.24, 2.45) is 0 Å². The Bertz CT molecular complexity index is 1110. The van der Waals surface area contributed by atoms with Crippen LogP contribution < -0.4 is 15.4 Å². The van der Waals surface area contributed by atoms with Gasteiger partial charge in [0.2, 0.25) is 0 Å². The Balaban J connectivity index is 1.73. The van der Waals surface area contributed by atoms with Gasteiger partial charge in [-0.25, -0.2) is 4.79 Å². The molecule has 0 spiro atoms. The van der Waals surface area contributed by atoms with Crippen LogP contribution in [-0.4, -0.2) is 49.7 Å². The maximum Gasteiger partial charge on any atom is 0.412 e. The number of hydrogen-bond donors (Lipinski definition) is 2. The highest BCUT2D eigenvalue weighted by atomic mass is 16.6. The predicted octanol–water partition coefficient (Wildman–Crippen LogP) is 5.36. The van der Waals surface area contributed by atoms with Gasteiger partial charge < -0.3 is 24.1 Å². The summed E-state index contributed by atoms with van der Waals surface area (Å²) in [6.07, 6.45) is 0.266. The lowest BCUT2D eigenvalue weighted by atomic mass is 10.2. The lowest BCUT2D eigenvalue weighted by Gasteiger charge is -2.20. The van der Waals surface area contributed by atoms with Crippen LogP contribution in [0.15, 0.2) is 52.9 Å². The van der Waals surface area contributed by atoms with Gasteiger partial charge >= 0.3 is 6.09 Å². The van der Waals surface area contributed by atoms with Crippen molar-refractivity contribution in [2.45, 2.75) is 32.8 Å². The minimum absolute atomic E-state index is 0.140. The zero-order valence-corrected chi connectivity index (χ0v) is 19.7. The summed E-state index contributed by atoms with van der Waals surface area (Å²) < 4.78 is 17.0. The number of benzene rings is 2. The van der Waals surface area contributed by atoms with Crippen molar-refractivity contribution >= 4 is 34.3 Å². The summed E-state index contributed by atoms with van der Waals surface area (Å²) in [5.41, 5.74) is 0.728. The molecule has 33 heavy (non-hydrogen) atoms. The maximum atomic E-state index is 12.9. The van der Waals surface area contributed by atoms with E-state index in [-0.39, 0.29) is 5.76 Å². The van der Waals surface area contributed by atoms with Gasteiger partial charge in [0.25, 0.3) is 5.91 Å². The van der Waals surface area contributed by atoms with E-state index in [9.17, 15) is 9.59 Å². The Kier molecular flexibility index (Phi) is 7.60. The van der Waals surface area contributed by atoms with Crippen molar-refractivity contribution in [3.8, 4) is 5.75 Å². The van der Waals surface area contributed by atoms with Crippen molar-refractivity contribution in [1.29, 1.82) is 0 Å².